The zero-order valence-electron chi connectivity index (χ0n) is 55.2. The summed E-state index contributed by atoms with van der Waals surface area (Å²) < 4.78 is 16.9. The summed E-state index contributed by atoms with van der Waals surface area (Å²) in [7, 11) is 0. The van der Waals surface area contributed by atoms with Crippen LogP contribution >= 0.6 is 0 Å². The fourth-order valence-electron chi connectivity index (χ4n) is 10.6. The number of hydrogen-bond donors (Lipinski definition) is 0. The molecule has 0 saturated carbocycles. The van der Waals surface area contributed by atoms with Gasteiger partial charge in [0.1, 0.15) is 13.2 Å². The molecule has 0 aliphatic rings. The molecule has 0 amide bonds. The number of esters is 3. The molecule has 0 bridgehead atoms. The van der Waals surface area contributed by atoms with E-state index >= 15 is 0 Å². The lowest BCUT2D eigenvalue weighted by atomic mass is 10.0. The highest BCUT2D eigenvalue weighted by molar-refractivity contribution is 5.71. The Hall–Kier alpha value is -3.41. The lowest BCUT2D eigenvalue weighted by Gasteiger charge is -2.18. The highest BCUT2D eigenvalue weighted by Crippen LogP contribution is 2.18. The Kier molecular flexibility index (Phi) is 68.2. The quantitative estimate of drug-likeness (QED) is 0.0261. The fourth-order valence-corrected chi connectivity index (χ4v) is 10.6. The number of hydrogen-bond acceptors (Lipinski definition) is 6. The maximum absolute atomic E-state index is 12.9. The molecule has 0 heterocycles. The summed E-state index contributed by atoms with van der Waals surface area (Å²) in [6, 6.07) is 0. The Morgan fingerprint density at radius 1 is 0.253 bits per heavy atom. The minimum Gasteiger partial charge on any atom is -0.462 e. The standard InChI is InChI=1S/C77H136O6/c1-4-7-10-13-16-19-22-24-26-28-30-32-34-35-36-37-38-39-40-41-42-44-45-47-49-51-53-55-58-61-64-67-70-76(79)82-73-74(72-81-75(78)69-66-63-60-57-21-18-15-12-9-6-3)83-77(80)71-68-65-62-59-56-54-52-50-48-46-43-33-31-29-27-25-23-20-17-14-11-8-5-2/h8,11,17,20,25,27,31,33,46,48,52,54,59,62,74H,4-7,9-10,12-16,18-19,21-24,26,28-30,32,34-45,47,49-51,53,55-58,60-61,63-73H2,1-3H3/b11-8-,20-17-,27-25-,33-31-,48-46-,54-52-,62-59-. The first-order chi connectivity index (χ1) is 41.0. The van der Waals surface area contributed by atoms with E-state index in [1.807, 2.05) is 0 Å². The van der Waals surface area contributed by atoms with E-state index in [0.717, 1.165) is 89.9 Å². The fraction of sp³-hybridized carbons (Fsp3) is 0.779. The van der Waals surface area contributed by atoms with Crippen molar-refractivity contribution in [2.24, 2.45) is 0 Å². The molecule has 1 unspecified atom stereocenters. The minimum atomic E-state index is -0.806. The Balaban J connectivity index is 4.18. The first-order valence-electron chi connectivity index (χ1n) is 36.1. The topological polar surface area (TPSA) is 78.9 Å². The summed E-state index contributed by atoms with van der Waals surface area (Å²) in [5.74, 6) is -0.941. The molecular formula is C77H136O6. The van der Waals surface area contributed by atoms with Crippen molar-refractivity contribution in [3.05, 3.63) is 85.1 Å². The molecule has 0 saturated heterocycles. The number of unbranched alkanes of at least 4 members (excludes halogenated alkanes) is 41. The van der Waals surface area contributed by atoms with Crippen molar-refractivity contribution in [1.29, 1.82) is 0 Å². The summed E-state index contributed by atoms with van der Waals surface area (Å²) in [5.41, 5.74) is 0. The third kappa shape index (κ3) is 69.3. The SMILES string of the molecule is CC/C=C\C/C=C\C/C=C\C/C=C\C/C=C\C/C=C\C/C=C\CCCC(=O)OC(COC(=O)CCCCCCCCCCCC)COC(=O)CCCCCCCCCCCCCCCCCCCCCCCCCCCCCCCCCC. The highest BCUT2D eigenvalue weighted by atomic mass is 16.6. The molecule has 0 fully saturated rings. The lowest BCUT2D eigenvalue weighted by molar-refractivity contribution is -0.167. The highest BCUT2D eigenvalue weighted by Gasteiger charge is 2.19. The largest absolute Gasteiger partial charge is 0.462 e. The van der Waals surface area contributed by atoms with Gasteiger partial charge in [0.2, 0.25) is 0 Å². The normalized spacial score (nSPS) is 12.6. The van der Waals surface area contributed by atoms with Crippen LogP contribution in [0, 0.1) is 0 Å². The molecule has 6 heteroatoms. The predicted octanol–water partition coefficient (Wildman–Crippen LogP) is 25.0. The average Bonchev–Trinajstić information content (AvgIpc) is 3.48. The zero-order valence-corrected chi connectivity index (χ0v) is 55.2. The monoisotopic (exact) mass is 1160 g/mol. The molecule has 480 valence electrons. The van der Waals surface area contributed by atoms with Gasteiger partial charge >= 0.3 is 17.9 Å². The number of ether oxygens (including phenoxy) is 3. The van der Waals surface area contributed by atoms with Crippen molar-refractivity contribution in [2.75, 3.05) is 13.2 Å². The first-order valence-corrected chi connectivity index (χ1v) is 36.1. The smallest absolute Gasteiger partial charge is 0.306 e. The van der Waals surface area contributed by atoms with Crippen molar-refractivity contribution < 1.29 is 28.6 Å². The number of rotatable bonds is 66. The average molecular weight is 1160 g/mol. The van der Waals surface area contributed by atoms with E-state index in [-0.39, 0.29) is 37.5 Å². The molecule has 0 spiro atoms. The van der Waals surface area contributed by atoms with Crippen LogP contribution < -0.4 is 0 Å². The van der Waals surface area contributed by atoms with Gasteiger partial charge in [0.15, 0.2) is 6.10 Å². The lowest BCUT2D eigenvalue weighted by Crippen LogP contribution is -2.30. The van der Waals surface area contributed by atoms with Crippen LogP contribution in [-0.4, -0.2) is 37.2 Å². The van der Waals surface area contributed by atoms with E-state index in [9.17, 15) is 14.4 Å². The van der Waals surface area contributed by atoms with Gasteiger partial charge in [-0.2, -0.15) is 0 Å². The second kappa shape index (κ2) is 71.1. The zero-order chi connectivity index (χ0) is 59.9. The predicted molar refractivity (Wildman–Crippen MR) is 362 cm³/mol. The number of carbonyl (C=O) groups is 3. The van der Waals surface area contributed by atoms with Crippen LogP contribution in [-0.2, 0) is 28.6 Å². The number of allylic oxidation sites excluding steroid dienone is 14. The Labute approximate surface area is 515 Å². The van der Waals surface area contributed by atoms with Crippen LogP contribution in [0.15, 0.2) is 85.1 Å². The number of carbonyl (C=O) groups excluding carboxylic acids is 3. The molecule has 0 radical (unpaired) electrons. The van der Waals surface area contributed by atoms with Crippen LogP contribution in [0.1, 0.15) is 367 Å². The minimum absolute atomic E-state index is 0.0956. The van der Waals surface area contributed by atoms with Gasteiger partial charge in [0.25, 0.3) is 0 Å². The third-order valence-corrected chi connectivity index (χ3v) is 15.9. The molecule has 0 N–H and O–H groups in total. The molecule has 0 aromatic carbocycles. The van der Waals surface area contributed by atoms with E-state index in [0.29, 0.717) is 19.3 Å². The molecule has 83 heavy (non-hydrogen) atoms. The van der Waals surface area contributed by atoms with Crippen LogP contribution in [0.5, 0.6) is 0 Å². The molecule has 0 aliphatic carbocycles. The van der Waals surface area contributed by atoms with E-state index in [1.54, 1.807) is 0 Å². The van der Waals surface area contributed by atoms with Crippen molar-refractivity contribution in [2.45, 2.75) is 374 Å². The second-order valence-corrected chi connectivity index (χ2v) is 24.1. The van der Waals surface area contributed by atoms with E-state index in [2.05, 4.69) is 106 Å². The Morgan fingerprint density at radius 3 is 0.723 bits per heavy atom. The summed E-state index contributed by atoms with van der Waals surface area (Å²) in [6.45, 7) is 6.52. The summed E-state index contributed by atoms with van der Waals surface area (Å²) in [6.07, 6.45) is 95.1. The summed E-state index contributed by atoms with van der Waals surface area (Å²) in [4.78, 5) is 38.3. The van der Waals surface area contributed by atoms with Gasteiger partial charge in [-0.3, -0.25) is 14.4 Å². The Bertz CT molecular complexity index is 1570. The van der Waals surface area contributed by atoms with Gasteiger partial charge in [-0.15, -0.1) is 0 Å². The van der Waals surface area contributed by atoms with Gasteiger partial charge in [0.05, 0.1) is 0 Å². The van der Waals surface area contributed by atoms with Gasteiger partial charge in [-0.25, -0.2) is 0 Å². The van der Waals surface area contributed by atoms with Crippen molar-refractivity contribution in [3.8, 4) is 0 Å². The van der Waals surface area contributed by atoms with Crippen molar-refractivity contribution in [3.63, 3.8) is 0 Å². The third-order valence-electron chi connectivity index (χ3n) is 15.9. The van der Waals surface area contributed by atoms with Crippen molar-refractivity contribution in [1.82, 2.24) is 0 Å². The van der Waals surface area contributed by atoms with E-state index < -0.39 is 6.10 Å². The van der Waals surface area contributed by atoms with Gasteiger partial charge in [-0.1, -0.05) is 363 Å². The molecule has 0 rings (SSSR count). The first kappa shape index (κ1) is 79.6. The van der Waals surface area contributed by atoms with Crippen molar-refractivity contribution >= 4 is 17.9 Å². The molecule has 0 aromatic rings. The van der Waals surface area contributed by atoms with Crippen LogP contribution in [0.2, 0.25) is 0 Å². The molecule has 6 nitrogen and oxygen atoms in total. The summed E-state index contributed by atoms with van der Waals surface area (Å²) in [5, 5.41) is 0. The Morgan fingerprint density at radius 2 is 0.470 bits per heavy atom. The molecular weight excluding hydrogens is 1020 g/mol. The van der Waals surface area contributed by atoms with Gasteiger partial charge in [-0.05, 0) is 70.6 Å². The maximum atomic E-state index is 12.9. The molecule has 0 aliphatic heterocycles. The van der Waals surface area contributed by atoms with Crippen LogP contribution in [0.25, 0.3) is 0 Å². The van der Waals surface area contributed by atoms with Crippen LogP contribution in [0.3, 0.4) is 0 Å². The maximum Gasteiger partial charge on any atom is 0.306 e. The second-order valence-electron chi connectivity index (χ2n) is 24.1. The van der Waals surface area contributed by atoms with E-state index in [4.69, 9.17) is 14.2 Å². The van der Waals surface area contributed by atoms with Gasteiger partial charge < -0.3 is 14.2 Å². The van der Waals surface area contributed by atoms with E-state index in [1.165, 1.54) is 231 Å². The van der Waals surface area contributed by atoms with Gasteiger partial charge in [0, 0.05) is 19.3 Å². The van der Waals surface area contributed by atoms with Crippen LogP contribution in [0.4, 0.5) is 0 Å². The molecule has 0 aromatic heterocycles. The summed E-state index contributed by atoms with van der Waals surface area (Å²) >= 11 is 0. The molecule has 1 atom stereocenters.